The largest absolute Gasteiger partial charge is 0.465 e. The summed E-state index contributed by atoms with van der Waals surface area (Å²) in [5.41, 5.74) is 3.29. The molecule has 1 saturated carbocycles. The number of aromatic nitrogens is 1. The van der Waals surface area contributed by atoms with Crippen molar-refractivity contribution in [1.82, 2.24) is 4.98 Å². The lowest BCUT2D eigenvalue weighted by Crippen LogP contribution is -2.29. The van der Waals surface area contributed by atoms with E-state index in [1.54, 1.807) is 0 Å². The van der Waals surface area contributed by atoms with E-state index in [4.69, 9.17) is 9.72 Å². The number of hydrogen-bond acceptors (Lipinski definition) is 4. The van der Waals surface area contributed by atoms with Crippen LogP contribution >= 0.6 is 0 Å². The zero-order valence-electron chi connectivity index (χ0n) is 14.5. The number of rotatable bonds is 3. The maximum absolute atomic E-state index is 13.7. The Hall–Kier alpha value is -1.72. The van der Waals surface area contributed by atoms with Gasteiger partial charge in [-0.25, -0.2) is 18.6 Å². The average molecular weight is 338 g/mol. The fourth-order valence-corrected chi connectivity index (χ4v) is 3.41. The van der Waals surface area contributed by atoms with Gasteiger partial charge in [0.05, 0.1) is 7.11 Å². The molecule has 4 nitrogen and oxygen atoms in total. The highest BCUT2D eigenvalue weighted by atomic mass is 19.3. The van der Waals surface area contributed by atoms with E-state index in [-0.39, 0.29) is 19.4 Å². The molecule has 0 atom stereocenters. The third-order valence-corrected chi connectivity index (χ3v) is 5.14. The summed E-state index contributed by atoms with van der Waals surface area (Å²) in [7, 11) is 1.34. The summed E-state index contributed by atoms with van der Waals surface area (Å²) in [5.74, 6) is -2.14. The number of pyridine rings is 1. The number of alkyl halides is 2. The van der Waals surface area contributed by atoms with E-state index in [9.17, 15) is 13.6 Å². The number of hydrogen-bond donors (Lipinski definition) is 0. The molecule has 0 amide bonds. The molecule has 2 aliphatic rings. The van der Waals surface area contributed by atoms with Crippen molar-refractivity contribution >= 4 is 11.8 Å². The number of halogens is 2. The molecule has 2 fully saturated rings. The Morgan fingerprint density at radius 2 is 1.92 bits per heavy atom. The van der Waals surface area contributed by atoms with Crippen molar-refractivity contribution in [2.24, 2.45) is 0 Å². The molecule has 1 aliphatic heterocycles. The van der Waals surface area contributed by atoms with Gasteiger partial charge in [-0.15, -0.1) is 0 Å². The molecule has 0 unspecified atom stereocenters. The Kier molecular flexibility index (Phi) is 4.49. The summed E-state index contributed by atoms with van der Waals surface area (Å²) in [6.45, 7) is 4.56. The number of anilines is 1. The summed E-state index contributed by atoms with van der Waals surface area (Å²) in [6.07, 6.45) is 2.27. The van der Waals surface area contributed by atoms with Crippen LogP contribution in [0.4, 0.5) is 14.6 Å². The van der Waals surface area contributed by atoms with E-state index >= 15 is 0 Å². The molecular weight excluding hydrogens is 314 g/mol. The SMILES string of the molecule is COC(=O)c1c(N2CCCC(F)(F)CC2)nc(C2CC2)c(C)c1C. The predicted octanol–water partition coefficient (Wildman–Crippen LogP) is 3.99. The van der Waals surface area contributed by atoms with Crippen molar-refractivity contribution in [2.75, 3.05) is 25.1 Å². The van der Waals surface area contributed by atoms with Crippen molar-refractivity contribution < 1.29 is 18.3 Å². The second-order valence-corrected chi connectivity index (χ2v) is 6.91. The molecule has 0 spiro atoms. The van der Waals surface area contributed by atoms with Crippen LogP contribution in [0.3, 0.4) is 0 Å². The van der Waals surface area contributed by atoms with Crippen LogP contribution in [0.5, 0.6) is 0 Å². The van der Waals surface area contributed by atoms with E-state index in [0.717, 1.165) is 29.7 Å². The fourth-order valence-electron chi connectivity index (χ4n) is 3.41. The van der Waals surface area contributed by atoms with Gasteiger partial charge in [0.15, 0.2) is 0 Å². The highest BCUT2D eigenvalue weighted by Gasteiger charge is 2.35. The van der Waals surface area contributed by atoms with Crippen LogP contribution < -0.4 is 4.90 Å². The first kappa shape index (κ1) is 17.1. The molecule has 1 aromatic rings. The Morgan fingerprint density at radius 3 is 2.54 bits per heavy atom. The van der Waals surface area contributed by atoms with Crippen LogP contribution in [0.25, 0.3) is 0 Å². The number of methoxy groups -OCH3 is 1. The van der Waals surface area contributed by atoms with Gasteiger partial charge < -0.3 is 9.64 Å². The molecule has 132 valence electrons. The molecule has 24 heavy (non-hydrogen) atoms. The lowest BCUT2D eigenvalue weighted by Gasteiger charge is -2.26. The Bertz CT molecular complexity index is 657. The molecule has 3 rings (SSSR count). The van der Waals surface area contributed by atoms with Crippen LogP contribution in [0, 0.1) is 13.8 Å². The molecule has 2 heterocycles. The Morgan fingerprint density at radius 1 is 1.21 bits per heavy atom. The normalized spacial score (nSPS) is 20.6. The maximum atomic E-state index is 13.7. The van der Waals surface area contributed by atoms with Crippen molar-refractivity contribution in [1.29, 1.82) is 0 Å². The van der Waals surface area contributed by atoms with Crippen molar-refractivity contribution in [2.45, 2.75) is 57.8 Å². The summed E-state index contributed by atoms with van der Waals surface area (Å²) >= 11 is 0. The average Bonchev–Trinajstić information content (AvgIpc) is 3.37. The van der Waals surface area contributed by atoms with Gasteiger partial charge >= 0.3 is 5.97 Å². The molecule has 0 N–H and O–H groups in total. The first-order valence-electron chi connectivity index (χ1n) is 8.56. The fraction of sp³-hybridized carbons (Fsp3) is 0.667. The zero-order chi connectivity index (χ0) is 17.5. The van der Waals surface area contributed by atoms with Gasteiger partial charge in [-0.05, 0) is 44.2 Å². The number of nitrogens with zero attached hydrogens (tertiary/aromatic N) is 2. The third-order valence-electron chi connectivity index (χ3n) is 5.14. The van der Waals surface area contributed by atoms with E-state index in [1.807, 2.05) is 18.7 Å². The highest BCUT2D eigenvalue weighted by Crippen LogP contribution is 2.43. The predicted molar refractivity (Wildman–Crippen MR) is 88.0 cm³/mol. The molecule has 6 heteroatoms. The minimum absolute atomic E-state index is 0.114. The molecule has 0 radical (unpaired) electrons. The third kappa shape index (κ3) is 3.23. The standard InChI is InChI=1S/C18H24F2N2O2/c1-11-12(2)15(13-5-6-13)21-16(14(11)17(23)24-3)22-9-4-7-18(19,20)8-10-22/h13H,4-10H2,1-3H3. The van der Waals surface area contributed by atoms with E-state index in [2.05, 4.69) is 0 Å². The molecular formula is C18H24F2N2O2. The van der Waals surface area contributed by atoms with Crippen molar-refractivity contribution in [3.05, 3.63) is 22.4 Å². The van der Waals surface area contributed by atoms with Gasteiger partial charge in [0.1, 0.15) is 11.4 Å². The van der Waals surface area contributed by atoms with Crippen LogP contribution in [0.15, 0.2) is 0 Å². The smallest absolute Gasteiger partial charge is 0.341 e. The van der Waals surface area contributed by atoms with Crippen molar-refractivity contribution in [3.63, 3.8) is 0 Å². The van der Waals surface area contributed by atoms with Crippen LogP contribution in [-0.4, -0.2) is 37.1 Å². The highest BCUT2D eigenvalue weighted by molar-refractivity contribution is 5.97. The van der Waals surface area contributed by atoms with Crippen LogP contribution in [0.1, 0.15) is 65.2 Å². The first-order chi connectivity index (χ1) is 11.3. The second-order valence-electron chi connectivity index (χ2n) is 6.91. The Balaban J connectivity index is 2.05. The van der Waals surface area contributed by atoms with Gasteiger partial charge in [-0.3, -0.25) is 0 Å². The minimum atomic E-state index is -2.64. The quantitative estimate of drug-likeness (QED) is 0.782. The monoisotopic (exact) mass is 338 g/mol. The molecule has 1 aromatic heterocycles. The Labute approximate surface area is 141 Å². The van der Waals surface area contributed by atoms with Gasteiger partial charge in [0.25, 0.3) is 0 Å². The number of ether oxygens (including phenoxy) is 1. The number of carbonyl (C=O) groups excluding carboxylic acids is 1. The summed E-state index contributed by atoms with van der Waals surface area (Å²) in [4.78, 5) is 18.9. The zero-order valence-corrected chi connectivity index (χ0v) is 14.5. The van der Waals surface area contributed by atoms with E-state index < -0.39 is 11.9 Å². The minimum Gasteiger partial charge on any atom is -0.465 e. The van der Waals surface area contributed by atoms with Gasteiger partial charge in [-0.2, -0.15) is 0 Å². The second kappa shape index (κ2) is 6.30. The maximum Gasteiger partial charge on any atom is 0.341 e. The van der Waals surface area contributed by atoms with E-state index in [0.29, 0.717) is 30.3 Å². The van der Waals surface area contributed by atoms with Crippen molar-refractivity contribution in [3.8, 4) is 0 Å². The van der Waals surface area contributed by atoms with Gasteiger partial charge in [0.2, 0.25) is 5.92 Å². The summed E-state index contributed by atoms with van der Waals surface area (Å²) in [6, 6.07) is 0. The molecule has 0 aromatic carbocycles. The lowest BCUT2D eigenvalue weighted by atomic mass is 10.00. The molecule has 1 saturated heterocycles. The summed E-state index contributed by atoms with van der Waals surface area (Å²) < 4.78 is 32.3. The number of carbonyl (C=O) groups is 1. The number of esters is 1. The lowest BCUT2D eigenvalue weighted by molar-refractivity contribution is -0.0102. The van der Waals surface area contributed by atoms with E-state index in [1.165, 1.54) is 7.11 Å². The molecule has 1 aliphatic carbocycles. The molecule has 0 bridgehead atoms. The summed E-state index contributed by atoms with van der Waals surface area (Å²) in [5, 5.41) is 0. The van der Waals surface area contributed by atoms with Crippen LogP contribution in [-0.2, 0) is 4.74 Å². The first-order valence-corrected chi connectivity index (χ1v) is 8.56. The topological polar surface area (TPSA) is 42.4 Å². The van der Waals surface area contributed by atoms with Crippen LogP contribution in [0.2, 0.25) is 0 Å². The van der Waals surface area contributed by atoms with Gasteiger partial charge in [0, 0.05) is 37.5 Å². The van der Waals surface area contributed by atoms with Gasteiger partial charge in [-0.1, -0.05) is 0 Å².